The molecule has 0 aromatic carbocycles. The number of nitrogens with zero attached hydrogens (tertiary/aromatic N) is 1. The van der Waals surface area contributed by atoms with E-state index in [9.17, 15) is 9.59 Å². The normalized spacial score (nSPS) is 11.5. The Morgan fingerprint density at radius 3 is 2.29 bits per heavy atom. The third-order valence-electron chi connectivity index (χ3n) is 2.52. The number of hydrogen-bond donors (Lipinski definition) is 2. The molecule has 0 aliphatic carbocycles. The number of nitrogens with two attached hydrogens (primary N) is 1. The zero-order valence-corrected chi connectivity index (χ0v) is 11.5. The van der Waals surface area contributed by atoms with Crippen molar-refractivity contribution in [1.29, 1.82) is 0 Å². The molecule has 0 fully saturated rings. The number of carbonyl (C=O) groups is 2. The van der Waals surface area contributed by atoms with Crippen LogP contribution in [-0.4, -0.2) is 43.4 Å². The molecule has 0 radical (unpaired) electrons. The topological polar surface area (TPSA) is 75.4 Å². The van der Waals surface area contributed by atoms with Gasteiger partial charge >= 0.3 is 0 Å². The van der Waals surface area contributed by atoms with Gasteiger partial charge in [0.2, 0.25) is 11.8 Å². The average molecular weight is 243 g/mol. The van der Waals surface area contributed by atoms with Gasteiger partial charge in [-0.15, -0.1) is 0 Å². The molecule has 0 aliphatic heterocycles. The minimum atomic E-state index is -0.618. The van der Waals surface area contributed by atoms with Crippen LogP contribution in [0.5, 0.6) is 0 Å². The fourth-order valence-corrected chi connectivity index (χ4v) is 1.27. The van der Waals surface area contributed by atoms with E-state index in [0.29, 0.717) is 12.5 Å². The lowest BCUT2D eigenvalue weighted by atomic mass is 9.92. The summed E-state index contributed by atoms with van der Waals surface area (Å²) in [4.78, 5) is 24.9. The van der Waals surface area contributed by atoms with Crippen molar-refractivity contribution in [2.75, 3.05) is 26.7 Å². The van der Waals surface area contributed by atoms with Crippen molar-refractivity contribution in [2.24, 2.45) is 17.1 Å². The van der Waals surface area contributed by atoms with E-state index < -0.39 is 5.41 Å². The zero-order chi connectivity index (χ0) is 13.6. The van der Waals surface area contributed by atoms with E-state index in [1.54, 1.807) is 20.9 Å². The molecule has 100 valence electrons. The monoisotopic (exact) mass is 243 g/mol. The summed E-state index contributed by atoms with van der Waals surface area (Å²) in [5, 5.41) is 2.77. The van der Waals surface area contributed by atoms with Gasteiger partial charge in [0.25, 0.3) is 0 Å². The van der Waals surface area contributed by atoms with Crippen LogP contribution >= 0.6 is 0 Å². The van der Waals surface area contributed by atoms with E-state index in [1.807, 2.05) is 13.8 Å². The molecule has 3 N–H and O–H groups in total. The Labute approximate surface area is 104 Å². The second-order valence-electron chi connectivity index (χ2n) is 5.45. The molecule has 0 heterocycles. The molecule has 0 rings (SSSR count). The van der Waals surface area contributed by atoms with Crippen molar-refractivity contribution in [3.63, 3.8) is 0 Å². The van der Waals surface area contributed by atoms with Gasteiger partial charge in [0.1, 0.15) is 0 Å². The van der Waals surface area contributed by atoms with Crippen LogP contribution in [0.25, 0.3) is 0 Å². The highest BCUT2D eigenvalue weighted by Gasteiger charge is 2.29. The Balaban J connectivity index is 4.21. The Hall–Kier alpha value is -1.10. The molecule has 0 spiro atoms. The van der Waals surface area contributed by atoms with Gasteiger partial charge in [-0.05, 0) is 19.8 Å². The summed E-state index contributed by atoms with van der Waals surface area (Å²) in [6.45, 7) is 8.56. The largest absolute Gasteiger partial charge is 0.354 e. The fourth-order valence-electron chi connectivity index (χ4n) is 1.27. The standard InChI is InChI=1S/C12H25N3O2/c1-9(2)6-14-10(16)7-15(5)11(17)12(3,4)8-13/h9H,6-8,13H2,1-5H3,(H,14,16). The van der Waals surface area contributed by atoms with E-state index in [0.717, 1.165) is 0 Å². The highest BCUT2D eigenvalue weighted by atomic mass is 16.2. The molecule has 0 bridgehead atoms. The van der Waals surface area contributed by atoms with E-state index in [2.05, 4.69) is 5.32 Å². The molecule has 0 aromatic heterocycles. The molecule has 2 amide bonds. The van der Waals surface area contributed by atoms with Crippen LogP contribution in [0.1, 0.15) is 27.7 Å². The van der Waals surface area contributed by atoms with Gasteiger partial charge in [-0.1, -0.05) is 13.8 Å². The molecule has 0 aliphatic rings. The summed E-state index contributed by atoms with van der Waals surface area (Å²) < 4.78 is 0. The third kappa shape index (κ3) is 5.68. The van der Waals surface area contributed by atoms with Gasteiger partial charge in [0.05, 0.1) is 12.0 Å². The summed E-state index contributed by atoms with van der Waals surface area (Å²) in [7, 11) is 1.62. The van der Waals surface area contributed by atoms with Gasteiger partial charge < -0.3 is 16.0 Å². The van der Waals surface area contributed by atoms with Crippen LogP contribution in [0.15, 0.2) is 0 Å². The van der Waals surface area contributed by atoms with Gasteiger partial charge in [-0.3, -0.25) is 9.59 Å². The van der Waals surface area contributed by atoms with Crippen LogP contribution in [-0.2, 0) is 9.59 Å². The Kier molecular flexibility index (Phi) is 6.16. The predicted molar refractivity (Wildman–Crippen MR) is 68.3 cm³/mol. The van der Waals surface area contributed by atoms with Crippen molar-refractivity contribution >= 4 is 11.8 Å². The number of likely N-dealkylation sites (N-methyl/N-ethyl adjacent to an activating group) is 1. The second-order valence-corrected chi connectivity index (χ2v) is 5.45. The minimum absolute atomic E-state index is 0.0784. The summed E-state index contributed by atoms with van der Waals surface area (Å²) in [6, 6.07) is 0. The van der Waals surface area contributed by atoms with Crippen molar-refractivity contribution < 1.29 is 9.59 Å². The molecular weight excluding hydrogens is 218 g/mol. The number of hydrogen-bond acceptors (Lipinski definition) is 3. The maximum atomic E-state index is 11.9. The van der Waals surface area contributed by atoms with E-state index in [1.165, 1.54) is 4.90 Å². The summed E-state index contributed by atoms with van der Waals surface area (Å²) in [5.41, 5.74) is 4.91. The predicted octanol–water partition coefficient (Wildman–Crippen LogP) is 0.202. The first kappa shape index (κ1) is 15.9. The van der Waals surface area contributed by atoms with Crippen LogP contribution in [0, 0.1) is 11.3 Å². The van der Waals surface area contributed by atoms with Crippen LogP contribution in [0.2, 0.25) is 0 Å². The molecule has 17 heavy (non-hydrogen) atoms. The number of amides is 2. The van der Waals surface area contributed by atoms with Crippen LogP contribution in [0.3, 0.4) is 0 Å². The minimum Gasteiger partial charge on any atom is -0.354 e. The second kappa shape index (κ2) is 6.59. The van der Waals surface area contributed by atoms with Crippen molar-refractivity contribution in [1.82, 2.24) is 10.2 Å². The van der Waals surface area contributed by atoms with Crippen molar-refractivity contribution in [2.45, 2.75) is 27.7 Å². The smallest absolute Gasteiger partial charge is 0.239 e. The summed E-state index contributed by atoms with van der Waals surface area (Å²) in [5.74, 6) is 0.155. The zero-order valence-electron chi connectivity index (χ0n) is 11.5. The molecule has 0 saturated carbocycles. The quantitative estimate of drug-likeness (QED) is 0.700. The molecule has 5 heteroatoms. The number of carbonyl (C=O) groups excluding carboxylic acids is 2. The van der Waals surface area contributed by atoms with Crippen LogP contribution in [0.4, 0.5) is 0 Å². The fraction of sp³-hybridized carbons (Fsp3) is 0.833. The van der Waals surface area contributed by atoms with E-state index in [4.69, 9.17) is 5.73 Å². The molecule has 5 nitrogen and oxygen atoms in total. The molecule has 0 aromatic rings. The Morgan fingerprint density at radius 1 is 1.35 bits per heavy atom. The lowest BCUT2D eigenvalue weighted by Crippen LogP contribution is -2.46. The first-order valence-corrected chi connectivity index (χ1v) is 5.93. The SMILES string of the molecule is CC(C)CNC(=O)CN(C)C(=O)C(C)(C)CN. The first-order chi connectivity index (χ1) is 7.70. The summed E-state index contributed by atoms with van der Waals surface area (Å²) in [6.07, 6.45) is 0. The maximum Gasteiger partial charge on any atom is 0.239 e. The first-order valence-electron chi connectivity index (χ1n) is 5.93. The molecule has 0 unspecified atom stereocenters. The third-order valence-corrected chi connectivity index (χ3v) is 2.52. The molecule has 0 atom stereocenters. The Morgan fingerprint density at radius 2 is 1.88 bits per heavy atom. The van der Waals surface area contributed by atoms with Gasteiger partial charge in [0, 0.05) is 20.1 Å². The number of nitrogens with one attached hydrogen (secondary N) is 1. The highest BCUT2D eigenvalue weighted by Crippen LogP contribution is 2.15. The van der Waals surface area contributed by atoms with Gasteiger partial charge in [-0.25, -0.2) is 0 Å². The van der Waals surface area contributed by atoms with Gasteiger partial charge in [-0.2, -0.15) is 0 Å². The number of rotatable bonds is 6. The summed E-state index contributed by atoms with van der Waals surface area (Å²) >= 11 is 0. The van der Waals surface area contributed by atoms with Crippen molar-refractivity contribution in [3.8, 4) is 0 Å². The van der Waals surface area contributed by atoms with E-state index in [-0.39, 0.29) is 24.9 Å². The average Bonchev–Trinajstić information content (AvgIpc) is 2.25. The lowest BCUT2D eigenvalue weighted by Gasteiger charge is -2.27. The molecule has 0 saturated heterocycles. The van der Waals surface area contributed by atoms with Gasteiger partial charge in [0.15, 0.2) is 0 Å². The van der Waals surface area contributed by atoms with E-state index >= 15 is 0 Å². The highest BCUT2D eigenvalue weighted by molar-refractivity contribution is 5.87. The Bertz CT molecular complexity index is 275. The molecular formula is C12H25N3O2. The van der Waals surface area contributed by atoms with Crippen molar-refractivity contribution in [3.05, 3.63) is 0 Å². The maximum absolute atomic E-state index is 11.9. The lowest BCUT2D eigenvalue weighted by molar-refractivity contribution is -0.141. The van der Waals surface area contributed by atoms with Crippen LogP contribution < -0.4 is 11.1 Å².